The molecule has 0 saturated heterocycles. The van der Waals surface area contributed by atoms with E-state index in [4.69, 9.17) is 0 Å². The van der Waals surface area contributed by atoms with Gasteiger partial charge in [0.25, 0.3) is 0 Å². The number of hydrogen-bond acceptors (Lipinski definition) is 1. The molecule has 0 bridgehead atoms. The molecule has 0 aromatic heterocycles. The fourth-order valence-electron chi connectivity index (χ4n) is 2.41. The van der Waals surface area contributed by atoms with Crippen molar-refractivity contribution in [3.8, 4) is 0 Å². The molecule has 0 aliphatic rings. The number of benzene rings is 1. The minimum Gasteiger partial charge on any atom is -0.313 e. The predicted molar refractivity (Wildman–Crippen MR) is 81.0 cm³/mol. The molecule has 0 fully saturated rings. The SMILES string of the molecule is CCCCCCCCC(NC)c1ccc(C)cc1. The summed E-state index contributed by atoms with van der Waals surface area (Å²) in [4.78, 5) is 0. The quantitative estimate of drug-likeness (QED) is 0.605. The summed E-state index contributed by atoms with van der Waals surface area (Å²) in [6.07, 6.45) is 9.51. The zero-order valence-corrected chi connectivity index (χ0v) is 12.3. The molecule has 0 heterocycles. The first-order valence-corrected chi connectivity index (χ1v) is 7.51. The van der Waals surface area contributed by atoms with Crippen molar-refractivity contribution in [1.29, 1.82) is 0 Å². The summed E-state index contributed by atoms with van der Waals surface area (Å²) in [6.45, 7) is 4.42. The molecule has 0 spiro atoms. The molecule has 1 aromatic rings. The predicted octanol–water partition coefficient (Wildman–Crippen LogP) is 5.01. The number of hydrogen-bond donors (Lipinski definition) is 1. The van der Waals surface area contributed by atoms with Crippen LogP contribution in [0.4, 0.5) is 0 Å². The molecule has 18 heavy (non-hydrogen) atoms. The van der Waals surface area contributed by atoms with Gasteiger partial charge in [-0.25, -0.2) is 0 Å². The lowest BCUT2D eigenvalue weighted by atomic mass is 9.99. The highest BCUT2D eigenvalue weighted by atomic mass is 14.9. The molecular formula is C17H29N. The van der Waals surface area contributed by atoms with Crippen molar-refractivity contribution in [2.45, 2.75) is 64.8 Å². The standard InChI is InChI=1S/C17H29N/c1-4-5-6-7-8-9-10-17(18-3)16-13-11-15(2)12-14-16/h11-14,17-18H,4-10H2,1-3H3. The molecular weight excluding hydrogens is 218 g/mol. The largest absolute Gasteiger partial charge is 0.313 e. The van der Waals surface area contributed by atoms with Crippen LogP contribution in [0.25, 0.3) is 0 Å². The molecule has 0 saturated carbocycles. The number of rotatable bonds is 9. The summed E-state index contributed by atoms with van der Waals surface area (Å²) in [5.41, 5.74) is 2.77. The lowest BCUT2D eigenvalue weighted by molar-refractivity contribution is 0.498. The van der Waals surface area contributed by atoms with Crippen LogP contribution in [-0.4, -0.2) is 7.05 Å². The van der Waals surface area contributed by atoms with E-state index < -0.39 is 0 Å². The van der Waals surface area contributed by atoms with Crippen LogP contribution in [0.15, 0.2) is 24.3 Å². The van der Waals surface area contributed by atoms with Crippen LogP contribution < -0.4 is 5.32 Å². The second-order valence-corrected chi connectivity index (χ2v) is 5.31. The van der Waals surface area contributed by atoms with Crippen molar-refractivity contribution in [2.75, 3.05) is 7.05 Å². The highest BCUT2D eigenvalue weighted by Gasteiger charge is 2.07. The first kappa shape index (κ1) is 15.2. The summed E-state index contributed by atoms with van der Waals surface area (Å²) in [7, 11) is 2.07. The van der Waals surface area contributed by atoms with Crippen molar-refractivity contribution in [2.24, 2.45) is 0 Å². The van der Waals surface area contributed by atoms with Gasteiger partial charge in [0.15, 0.2) is 0 Å². The monoisotopic (exact) mass is 247 g/mol. The summed E-state index contributed by atoms with van der Waals surface area (Å²) >= 11 is 0. The molecule has 0 amide bonds. The van der Waals surface area contributed by atoms with Crippen LogP contribution >= 0.6 is 0 Å². The van der Waals surface area contributed by atoms with E-state index in [1.165, 1.54) is 56.1 Å². The molecule has 0 aliphatic carbocycles. The van der Waals surface area contributed by atoms with Gasteiger partial charge >= 0.3 is 0 Å². The van der Waals surface area contributed by atoms with Crippen LogP contribution in [0.2, 0.25) is 0 Å². The lowest BCUT2D eigenvalue weighted by Crippen LogP contribution is -2.16. The molecule has 1 unspecified atom stereocenters. The van der Waals surface area contributed by atoms with Crippen molar-refractivity contribution in [3.05, 3.63) is 35.4 Å². The smallest absolute Gasteiger partial charge is 0.0317 e. The van der Waals surface area contributed by atoms with Gasteiger partial charge in [0.2, 0.25) is 0 Å². The van der Waals surface area contributed by atoms with E-state index in [9.17, 15) is 0 Å². The van der Waals surface area contributed by atoms with Gasteiger partial charge in [0.1, 0.15) is 0 Å². The normalized spacial score (nSPS) is 12.6. The molecule has 1 aromatic carbocycles. The Hall–Kier alpha value is -0.820. The maximum Gasteiger partial charge on any atom is 0.0317 e. The van der Waals surface area contributed by atoms with Gasteiger partial charge in [-0.2, -0.15) is 0 Å². The van der Waals surface area contributed by atoms with E-state index in [0.29, 0.717) is 6.04 Å². The minimum absolute atomic E-state index is 0.525. The molecule has 1 nitrogen and oxygen atoms in total. The minimum atomic E-state index is 0.525. The zero-order valence-electron chi connectivity index (χ0n) is 12.3. The molecule has 1 rings (SSSR count). The topological polar surface area (TPSA) is 12.0 Å². The maximum absolute atomic E-state index is 3.44. The average Bonchev–Trinajstić information content (AvgIpc) is 2.39. The van der Waals surface area contributed by atoms with E-state index in [0.717, 1.165) is 0 Å². The Morgan fingerprint density at radius 1 is 0.944 bits per heavy atom. The average molecular weight is 247 g/mol. The third-order valence-electron chi connectivity index (χ3n) is 3.67. The Labute approximate surface area is 113 Å². The van der Waals surface area contributed by atoms with Gasteiger partial charge in [-0.3, -0.25) is 0 Å². The molecule has 0 radical (unpaired) electrons. The fraction of sp³-hybridized carbons (Fsp3) is 0.647. The van der Waals surface area contributed by atoms with Crippen LogP contribution in [0.1, 0.15) is 69.0 Å². The zero-order chi connectivity index (χ0) is 13.2. The summed E-state index contributed by atoms with van der Waals surface area (Å²) < 4.78 is 0. The molecule has 102 valence electrons. The second kappa shape index (κ2) is 9.16. The van der Waals surface area contributed by atoms with Gasteiger partial charge in [-0.15, -0.1) is 0 Å². The van der Waals surface area contributed by atoms with Gasteiger partial charge in [0.05, 0.1) is 0 Å². The van der Waals surface area contributed by atoms with E-state index >= 15 is 0 Å². The third-order valence-corrected chi connectivity index (χ3v) is 3.67. The van der Waals surface area contributed by atoms with Gasteiger partial charge in [0, 0.05) is 6.04 Å². The van der Waals surface area contributed by atoms with E-state index in [2.05, 4.69) is 50.5 Å². The van der Waals surface area contributed by atoms with Crippen LogP contribution in [0.3, 0.4) is 0 Å². The molecule has 1 heteroatoms. The number of aryl methyl sites for hydroxylation is 1. The van der Waals surface area contributed by atoms with Gasteiger partial charge < -0.3 is 5.32 Å². The highest BCUT2D eigenvalue weighted by molar-refractivity contribution is 5.23. The summed E-state index contributed by atoms with van der Waals surface area (Å²) in [5.74, 6) is 0. The Balaban J connectivity index is 2.27. The van der Waals surface area contributed by atoms with Crippen molar-refractivity contribution in [3.63, 3.8) is 0 Å². The van der Waals surface area contributed by atoms with Crippen LogP contribution in [0.5, 0.6) is 0 Å². The highest BCUT2D eigenvalue weighted by Crippen LogP contribution is 2.20. The summed E-state index contributed by atoms with van der Waals surface area (Å²) in [6, 6.07) is 9.46. The van der Waals surface area contributed by atoms with E-state index in [1.807, 2.05) is 0 Å². The Morgan fingerprint density at radius 3 is 2.17 bits per heavy atom. The first-order chi connectivity index (χ1) is 8.77. The van der Waals surface area contributed by atoms with E-state index in [1.54, 1.807) is 0 Å². The molecule has 0 aliphatic heterocycles. The van der Waals surface area contributed by atoms with Crippen molar-refractivity contribution < 1.29 is 0 Å². The number of unbranched alkanes of at least 4 members (excludes halogenated alkanes) is 5. The lowest BCUT2D eigenvalue weighted by Gasteiger charge is -2.16. The fourth-order valence-corrected chi connectivity index (χ4v) is 2.41. The van der Waals surface area contributed by atoms with Gasteiger partial charge in [-0.05, 0) is 26.0 Å². The number of nitrogens with one attached hydrogen (secondary N) is 1. The molecule has 1 atom stereocenters. The van der Waals surface area contributed by atoms with Crippen LogP contribution in [-0.2, 0) is 0 Å². The first-order valence-electron chi connectivity index (χ1n) is 7.51. The Kier molecular flexibility index (Phi) is 7.75. The van der Waals surface area contributed by atoms with Crippen LogP contribution in [0, 0.1) is 6.92 Å². The molecule has 1 N–H and O–H groups in total. The Morgan fingerprint density at radius 2 is 1.56 bits per heavy atom. The van der Waals surface area contributed by atoms with Crippen molar-refractivity contribution >= 4 is 0 Å². The Bertz CT molecular complexity index is 302. The second-order valence-electron chi connectivity index (χ2n) is 5.31. The van der Waals surface area contributed by atoms with Gasteiger partial charge in [-0.1, -0.05) is 75.3 Å². The third kappa shape index (κ3) is 5.68. The summed E-state index contributed by atoms with van der Waals surface area (Å²) in [5, 5.41) is 3.44. The van der Waals surface area contributed by atoms with Crippen molar-refractivity contribution in [1.82, 2.24) is 5.32 Å². The maximum atomic E-state index is 3.44. The van der Waals surface area contributed by atoms with E-state index in [-0.39, 0.29) is 0 Å².